The minimum Gasteiger partial charge on any atom is -0.444 e. The zero-order valence-electron chi connectivity index (χ0n) is 30.7. The smallest absolute Gasteiger partial charge is 0.410 e. The lowest BCUT2D eigenvalue weighted by Gasteiger charge is -2.30. The van der Waals surface area contributed by atoms with Crippen molar-refractivity contribution in [2.24, 2.45) is 5.92 Å². The number of ether oxygens (including phenoxy) is 2. The van der Waals surface area contributed by atoms with E-state index in [0.29, 0.717) is 36.8 Å². The molecule has 0 bridgehead atoms. The van der Waals surface area contributed by atoms with Crippen molar-refractivity contribution in [3.63, 3.8) is 0 Å². The van der Waals surface area contributed by atoms with Crippen molar-refractivity contribution in [3.05, 3.63) is 70.8 Å². The van der Waals surface area contributed by atoms with Gasteiger partial charge in [-0.3, -0.25) is 19.3 Å². The van der Waals surface area contributed by atoms with Gasteiger partial charge in [0.05, 0.1) is 13.1 Å². The van der Waals surface area contributed by atoms with E-state index in [1.807, 2.05) is 6.08 Å². The molecule has 1 aromatic carbocycles. The van der Waals surface area contributed by atoms with Gasteiger partial charge in [-0.15, -0.1) is 0 Å². The van der Waals surface area contributed by atoms with Crippen LogP contribution < -0.4 is 15.4 Å². The van der Waals surface area contributed by atoms with Crippen LogP contribution in [-0.4, -0.2) is 89.0 Å². The Morgan fingerprint density at radius 3 is 2.58 bits per heavy atom. The van der Waals surface area contributed by atoms with E-state index in [0.717, 1.165) is 6.20 Å². The number of amides is 5. The molecule has 55 heavy (non-hydrogen) atoms. The molecule has 1 saturated carbocycles. The molecular formula is C37H44ClFN6O9S. The van der Waals surface area contributed by atoms with E-state index in [9.17, 15) is 36.8 Å². The molecule has 2 fully saturated rings. The topological polar surface area (TPSA) is 193 Å². The Kier molecular flexibility index (Phi) is 11.4. The Labute approximate surface area is 323 Å². The standard InChI is InChI=1S/C37H44ClFN6O9S/c1-36(2,3)54-34(49)41-28-13-8-6-4-5-7-11-23-17-37(23,33(48)43-55(51,52)25-14-15-30(38)40-18-25)42-31(46)29-16-24(20-45(29)32(28)47)53-35(50)44-19-22-10-9-12-27(39)26(22)21-44/h7,9-12,14-15,18,23-24,28-29H,4-6,8,13,16-17,19-21H2,1-3H3,(H,41,49)(H,42,46)(H,43,48)/t23-,24-,28+,29+,37-/m1/s1. The number of fused-ring (bicyclic) bond motifs is 3. The van der Waals surface area contributed by atoms with Crippen molar-refractivity contribution < 1.29 is 46.3 Å². The molecule has 1 saturated heterocycles. The van der Waals surface area contributed by atoms with Gasteiger partial charge >= 0.3 is 12.2 Å². The summed E-state index contributed by atoms with van der Waals surface area (Å²) in [5.41, 5.74) is -1.55. The molecule has 6 rings (SSSR count). The van der Waals surface area contributed by atoms with Gasteiger partial charge in [0.1, 0.15) is 45.2 Å². The molecular weight excluding hydrogens is 759 g/mol. The van der Waals surface area contributed by atoms with Crippen LogP contribution in [0.15, 0.2) is 53.6 Å². The molecule has 18 heteroatoms. The van der Waals surface area contributed by atoms with E-state index in [4.69, 9.17) is 21.1 Å². The monoisotopic (exact) mass is 802 g/mol. The van der Waals surface area contributed by atoms with Crippen molar-refractivity contribution >= 4 is 51.5 Å². The Hall–Kier alpha value is -4.77. The molecule has 0 radical (unpaired) electrons. The number of pyridine rings is 1. The first kappa shape index (κ1) is 39.9. The fourth-order valence-electron chi connectivity index (χ4n) is 7.14. The molecule has 15 nitrogen and oxygen atoms in total. The largest absolute Gasteiger partial charge is 0.444 e. The minimum absolute atomic E-state index is 0.0243. The number of hydrogen-bond acceptors (Lipinski definition) is 10. The number of carbonyl (C=O) groups is 5. The average molecular weight is 803 g/mol. The van der Waals surface area contributed by atoms with Gasteiger partial charge in [-0.1, -0.05) is 48.7 Å². The highest BCUT2D eigenvalue weighted by Crippen LogP contribution is 2.46. The normalized spacial score (nSPS) is 25.7. The maximum atomic E-state index is 14.4. The number of halogens is 2. The van der Waals surface area contributed by atoms with E-state index in [-0.39, 0.29) is 48.9 Å². The third-order valence-electron chi connectivity index (χ3n) is 10.0. The maximum absolute atomic E-state index is 14.4. The Morgan fingerprint density at radius 1 is 1.09 bits per heavy atom. The summed E-state index contributed by atoms with van der Waals surface area (Å²) in [6.07, 6.45) is 4.71. The van der Waals surface area contributed by atoms with Crippen LogP contribution in [0.2, 0.25) is 5.15 Å². The van der Waals surface area contributed by atoms with Gasteiger partial charge in [-0.2, -0.15) is 0 Å². The fraction of sp³-hybridized carbons (Fsp3) is 0.514. The van der Waals surface area contributed by atoms with Gasteiger partial charge < -0.3 is 25.0 Å². The zero-order chi connectivity index (χ0) is 39.7. The number of benzene rings is 1. The highest BCUT2D eigenvalue weighted by atomic mass is 35.5. The number of allylic oxidation sites excluding steroid dienone is 1. The van der Waals surface area contributed by atoms with E-state index in [2.05, 4.69) is 20.3 Å². The number of nitrogens with zero attached hydrogens (tertiary/aromatic N) is 3. The summed E-state index contributed by atoms with van der Waals surface area (Å²) in [5, 5.41) is 5.45. The van der Waals surface area contributed by atoms with Crippen molar-refractivity contribution in [1.82, 2.24) is 30.1 Å². The Balaban J connectivity index is 1.26. The summed E-state index contributed by atoms with van der Waals surface area (Å²) in [7, 11) is -4.43. The lowest BCUT2D eigenvalue weighted by Crippen LogP contribution is -2.58. The Morgan fingerprint density at radius 2 is 1.87 bits per heavy atom. The number of aromatic nitrogens is 1. The van der Waals surface area contributed by atoms with Gasteiger partial charge in [-0.25, -0.2) is 32.1 Å². The second-order valence-corrected chi connectivity index (χ2v) is 17.3. The average Bonchev–Trinajstić information content (AvgIpc) is 3.40. The lowest BCUT2D eigenvalue weighted by molar-refractivity contribution is -0.141. The highest BCUT2D eigenvalue weighted by molar-refractivity contribution is 7.90. The summed E-state index contributed by atoms with van der Waals surface area (Å²) in [5.74, 6) is -3.42. The number of carbonyl (C=O) groups excluding carboxylic acids is 5. The molecule has 296 valence electrons. The molecule has 3 aliphatic heterocycles. The first-order chi connectivity index (χ1) is 26.0. The van der Waals surface area contributed by atoms with Gasteiger partial charge in [0.25, 0.3) is 15.9 Å². The molecule has 1 aliphatic carbocycles. The second-order valence-electron chi connectivity index (χ2n) is 15.3. The van der Waals surface area contributed by atoms with Crippen molar-refractivity contribution in [1.29, 1.82) is 0 Å². The summed E-state index contributed by atoms with van der Waals surface area (Å²) in [4.78, 5) is 74.8. The molecule has 0 unspecified atom stereocenters. The van der Waals surface area contributed by atoms with Crippen LogP contribution in [0.3, 0.4) is 0 Å². The molecule has 4 heterocycles. The molecule has 0 spiro atoms. The van der Waals surface area contributed by atoms with Crippen molar-refractivity contribution in [3.8, 4) is 0 Å². The summed E-state index contributed by atoms with van der Waals surface area (Å²) < 4.78 is 54.2. The van der Waals surface area contributed by atoms with Crippen LogP contribution in [0, 0.1) is 11.7 Å². The number of alkyl carbamates (subject to hydrolysis) is 1. The van der Waals surface area contributed by atoms with Crippen LogP contribution in [0.4, 0.5) is 14.0 Å². The van der Waals surface area contributed by atoms with E-state index in [1.165, 1.54) is 28.0 Å². The minimum atomic E-state index is -4.43. The van der Waals surface area contributed by atoms with Gasteiger partial charge in [0.15, 0.2) is 0 Å². The Bertz CT molecular complexity index is 1990. The van der Waals surface area contributed by atoms with Crippen molar-refractivity contribution in [2.75, 3.05) is 6.54 Å². The molecule has 2 aromatic rings. The predicted molar refractivity (Wildman–Crippen MR) is 195 cm³/mol. The third kappa shape index (κ3) is 9.20. The van der Waals surface area contributed by atoms with Crippen LogP contribution in [-0.2, 0) is 47.0 Å². The number of sulfonamides is 1. The van der Waals surface area contributed by atoms with Gasteiger partial charge in [-0.05, 0) is 70.2 Å². The van der Waals surface area contributed by atoms with Crippen LogP contribution in [0.5, 0.6) is 0 Å². The van der Waals surface area contributed by atoms with Gasteiger partial charge in [0, 0.05) is 30.6 Å². The fourth-order valence-corrected chi connectivity index (χ4v) is 8.23. The summed E-state index contributed by atoms with van der Waals surface area (Å²) in [6.45, 7) is 4.89. The SMILES string of the molecule is CC(C)(C)OC(=O)N[C@H]1CCCCCC=C[C@@H]2C[C@@]2(C(=O)NS(=O)(=O)c2ccc(Cl)nc2)NC(=O)[C@@H]2C[C@@H](OC(=O)N3Cc4cccc(F)c4C3)CN2C1=O. The number of nitrogens with one attached hydrogen (secondary N) is 3. The molecule has 1 aromatic heterocycles. The number of hydrogen-bond donors (Lipinski definition) is 3. The molecule has 3 N–H and O–H groups in total. The highest BCUT2D eigenvalue weighted by Gasteiger charge is 2.62. The first-order valence-electron chi connectivity index (χ1n) is 18.1. The zero-order valence-corrected chi connectivity index (χ0v) is 32.3. The van der Waals surface area contributed by atoms with Gasteiger partial charge in [0.2, 0.25) is 11.8 Å². The lowest BCUT2D eigenvalue weighted by atomic mass is 10.0. The molecule has 5 atom stereocenters. The van der Waals surface area contributed by atoms with E-state index < -0.39 is 81.0 Å². The van der Waals surface area contributed by atoms with E-state index in [1.54, 1.807) is 39.0 Å². The number of rotatable bonds is 5. The van der Waals surface area contributed by atoms with E-state index >= 15 is 0 Å². The molecule has 4 aliphatic rings. The summed E-state index contributed by atoms with van der Waals surface area (Å²) >= 11 is 5.82. The maximum Gasteiger partial charge on any atom is 0.410 e. The molecule has 5 amide bonds. The third-order valence-corrected chi connectivity index (χ3v) is 11.6. The predicted octanol–water partition coefficient (Wildman–Crippen LogP) is 4.09. The first-order valence-corrected chi connectivity index (χ1v) is 20.0. The van der Waals surface area contributed by atoms with Crippen LogP contribution >= 0.6 is 11.6 Å². The quantitative estimate of drug-likeness (QED) is 0.293. The van der Waals surface area contributed by atoms with Crippen LogP contribution in [0.25, 0.3) is 0 Å². The van der Waals surface area contributed by atoms with Crippen molar-refractivity contribution in [2.45, 2.75) is 113 Å². The second kappa shape index (κ2) is 15.8. The summed E-state index contributed by atoms with van der Waals surface area (Å²) in [6, 6.07) is 4.61. The van der Waals surface area contributed by atoms with Crippen LogP contribution in [0.1, 0.15) is 76.8 Å².